The summed E-state index contributed by atoms with van der Waals surface area (Å²) < 4.78 is 9.89. The van der Waals surface area contributed by atoms with Gasteiger partial charge in [-0.3, -0.25) is 0 Å². The van der Waals surface area contributed by atoms with E-state index in [1.807, 2.05) is 11.8 Å². The van der Waals surface area contributed by atoms with Crippen molar-refractivity contribution >= 4 is 27.6 Å². The number of amides is 1. The lowest BCUT2D eigenvalue weighted by Gasteiger charge is -2.04. The zero-order valence-corrected chi connectivity index (χ0v) is 10.1. The number of nitrogens with one attached hydrogen (secondary N) is 1. The van der Waals surface area contributed by atoms with Crippen LogP contribution in [0.3, 0.4) is 0 Å². The first-order valence-corrected chi connectivity index (χ1v) is 6.77. The highest BCUT2D eigenvalue weighted by Crippen LogP contribution is 2.29. The molecule has 4 nitrogen and oxygen atoms in total. The minimum absolute atomic E-state index is 0.293. The summed E-state index contributed by atoms with van der Waals surface area (Å²) in [6, 6.07) is 0.995. The molecule has 1 rings (SSSR count). The van der Waals surface area contributed by atoms with Crippen LogP contribution in [0.15, 0.2) is 0 Å². The SMILES string of the molecule is CO[Si]CCCNC(=O)OCC1CS1. The van der Waals surface area contributed by atoms with Crippen molar-refractivity contribution in [2.24, 2.45) is 0 Å². The molecule has 1 fully saturated rings. The topological polar surface area (TPSA) is 47.6 Å². The van der Waals surface area contributed by atoms with Crippen molar-refractivity contribution in [1.82, 2.24) is 5.32 Å². The first-order chi connectivity index (χ1) is 6.83. The van der Waals surface area contributed by atoms with E-state index in [0.29, 0.717) is 28.2 Å². The molecule has 1 aliphatic heterocycles. The Morgan fingerprint density at radius 1 is 1.71 bits per heavy atom. The van der Waals surface area contributed by atoms with Crippen molar-refractivity contribution in [2.45, 2.75) is 17.7 Å². The van der Waals surface area contributed by atoms with Crippen LogP contribution in [0.2, 0.25) is 6.04 Å². The highest BCUT2D eigenvalue weighted by atomic mass is 32.2. The molecule has 6 heteroatoms. The first-order valence-electron chi connectivity index (χ1n) is 4.61. The summed E-state index contributed by atoms with van der Waals surface area (Å²) in [6.07, 6.45) is 0.651. The third-order valence-corrected chi connectivity index (χ3v) is 3.46. The highest BCUT2D eigenvalue weighted by Gasteiger charge is 2.23. The molecule has 1 aliphatic rings. The van der Waals surface area contributed by atoms with Crippen molar-refractivity contribution in [3.8, 4) is 0 Å². The van der Waals surface area contributed by atoms with Crippen LogP contribution < -0.4 is 5.32 Å². The minimum Gasteiger partial charge on any atom is -0.448 e. The van der Waals surface area contributed by atoms with Crippen molar-refractivity contribution in [2.75, 3.05) is 26.0 Å². The Morgan fingerprint density at radius 2 is 2.50 bits per heavy atom. The molecule has 1 unspecified atom stereocenters. The van der Waals surface area contributed by atoms with Gasteiger partial charge in [-0.05, 0) is 12.5 Å². The monoisotopic (exact) mass is 233 g/mol. The molecule has 0 aromatic heterocycles. The summed E-state index contributed by atoms with van der Waals surface area (Å²) in [5.74, 6) is 1.13. The van der Waals surface area contributed by atoms with E-state index < -0.39 is 0 Å². The van der Waals surface area contributed by atoms with Gasteiger partial charge in [0.05, 0.1) is 0 Å². The van der Waals surface area contributed by atoms with E-state index in [2.05, 4.69) is 5.32 Å². The van der Waals surface area contributed by atoms with E-state index in [0.717, 1.165) is 18.2 Å². The largest absolute Gasteiger partial charge is 0.448 e. The molecule has 1 saturated heterocycles. The van der Waals surface area contributed by atoms with Gasteiger partial charge in [0.1, 0.15) is 6.61 Å². The van der Waals surface area contributed by atoms with Crippen LogP contribution in [0.5, 0.6) is 0 Å². The predicted octanol–water partition coefficient (Wildman–Crippen LogP) is 0.902. The first kappa shape index (κ1) is 11.9. The van der Waals surface area contributed by atoms with Gasteiger partial charge in [0, 0.05) is 24.7 Å². The molecule has 0 aromatic carbocycles. The molecular weight excluding hydrogens is 218 g/mol. The van der Waals surface area contributed by atoms with Gasteiger partial charge in [-0.15, -0.1) is 0 Å². The fourth-order valence-electron chi connectivity index (χ4n) is 0.837. The van der Waals surface area contributed by atoms with Gasteiger partial charge >= 0.3 is 6.09 Å². The Balaban J connectivity index is 1.81. The third-order valence-electron chi connectivity index (χ3n) is 1.67. The van der Waals surface area contributed by atoms with Crippen LogP contribution in [-0.2, 0) is 9.16 Å². The van der Waals surface area contributed by atoms with Crippen LogP contribution in [0.25, 0.3) is 0 Å². The van der Waals surface area contributed by atoms with E-state index >= 15 is 0 Å². The summed E-state index contributed by atoms with van der Waals surface area (Å²) in [5.41, 5.74) is 0. The summed E-state index contributed by atoms with van der Waals surface area (Å²) in [4.78, 5) is 11.0. The number of hydrogen-bond donors (Lipinski definition) is 1. The lowest BCUT2D eigenvalue weighted by Crippen LogP contribution is -2.26. The van der Waals surface area contributed by atoms with E-state index in [1.54, 1.807) is 7.11 Å². The number of carbonyl (C=O) groups is 1. The smallest absolute Gasteiger partial charge is 0.407 e. The van der Waals surface area contributed by atoms with Crippen molar-refractivity contribution in [1.29, 1.82) is 0 Å². The van der Waals surface area contributed by atoms with Gasteiger partial charge in [0.2, 0.25) is 9.76 Å². The number of hydrogen-bond acceptors (Lipinski definition) is 4. The Kier molecular flexibility index (Phi) is 6.05. The molecular formula is C8H15NO3SSi. The Hall–Kier alpha value is -0.203. The summed E-state index contributed by atoms with van der Waals surface area (Å²) in [7, 11) is 2.22. The Bertz CT molecular complexity index is 178. The predicted molar refractivity (Wildman–Crippen MR) is 57.8 cm³/mol. The second-order valence-corrected chi connectivity index (χ2v) is 5.46. The quantitative estimate of drug-likeness (QED) is 0.403. The van der Waals surface area contributed by atoms with Crippen molar-refractivity contribution in [3.63, 3.8) is 0 Å². The third kappa shape index (κ3) is 6.28. The van der Waals surface area contributed by atoms with Crippen LogP contribution in [0.1, 0.15) is 6.42 Å². The van der Waals surface area contributed by atoms with E-state index in [1.165, 1.54) is 0 Å². The molecule has 0 spiro atoms. The fourth-order valence-corrected chi connectivity index (χ4v) is 1.76. The van der Waals surface area contributed by atoms with Gasteiger partial charge < -0.3 is 14.5 Å². The van der Waals surface area contributed by atoms with Crippen LogP contribution in [-0.4, -0.2) is 47.1 Å². The van der Waals surface area contributed by atoms with E-state index in [4.69, 9.17) is 9.16 Å². The maximum Gasteiger partial charge on any atom is 0.407 e. The van der Waals surface area contributed by atoms with Gasteiger partial charge in [-0.1, -0.05) is 0 Å². The van der Waals surface area contributed by atoms with Gasteiger partial charge in [0.25, 0.3) is 0 Å². The number of carbonyl (C=O) groups excluding carboxylic acids is 1. The summed E-state index contributed by atoms with van der Waals surface area (Å²) in [6.45, 7) is 1.23. The van der Waals surface area contributed by atoms with Gasteiger partial charge in [-0.2, -0.15) is 11.8 Å². The van der Waals surface area contributed by atoms with Gasteiger partial charge in [-0.25, -0.2) is 4.79 Å². The number of thioether (sulfide) groups is 1. The van der Waals surface area contributed by atoms with Crippen LogP contribution in [0.4, 0.5) is 4.79 Å². The maximum absolute atomic E-state index is 11.0. The van der Waals surface area contributed by atoms with Crippen molar-refractivity contribution < 1.29 is 14.0 Å². The molecule has 80 valence electrons. The fraction of sp³-hybridized carbons (Fsp3) is 0.875. The molecule has 0 aliphatic carbocycles. The van der Waals surface area contributed by atoms with Crippen LogP contribution in [0, 0.1) is 0 Å². The molecule has 0 aromatic rings. The molecule has 0 bridgehead atoms. The number of ether oxygens (including phenoxy) is 1. The number of rotatable bonds is 7. The molecule has 1 atom stereocenters. The zero-order chi connectivity index (χ0) is 10.2. The van der Waals surface area contributed by atoms with Crippen molar-refractivity contribution in [3.05, 3.63) is 0 Å². The molecule has 14 heavy (non-hydrogen) atoms. The average Bonchev–Trinajstić information content (AvgIpc) is 2.98. The van der Waals surface area contributed by atoms with E-state index in [9.17, 15) is 4.79 Å². The maximum atomic E-state index is 11.0. The Labute approximate surface area is 91.0 Å². The normalized spacial score (nSPS) is 19.1. The standard InChI is InChI=1S/C8H15NO3SSi/c1-11-14-4-2-3-9-8(10)12-5-7-6-13-7/h7H,2-6H2,1H3,(H,9,10). The Morgan fingerprint density at radius 3 is 3.14 bits per heavy atom. The minimum atomic E-state index is -0.293. The summed E-state index contributed by atoms with van der Waals surface area (Å²) >= 11 is 1.82. The molecule has 1 amide bonds. The molecule has 1 N–H and O–H groups in total. The highest BCUT2D eigenvalue weighted by molar-refractivity contribution is 8.06. The number of alkyl carbamates (subject to hydrolysis) is 1. The summed E-state index contributed by atoms with van der Waals surface area (Å²) in [5, 5.41) is 3.25. The average molecular weight is 233 g/mol. The molecule has 0 saturated carbocycles. The molecule has 1 heterocycles. The van der Waals surface area contributed by atoms with Gasteiger partial charge in [0.15, 0.2) is 0 Å². The second kappa shape index (κ2) is 7.14. The lowest BCUT2D eigenvalue weighted by molar-refractivity contribution is 0.149. The molecule has 2 radical (unpaired) electrons. The van der Waals surface area contributed by atoms with Crippen LogP contribution >= 0.6 is 11.8 Å². The van der Waals surface area contributed by atoms with E-state index in [-0.39, 0.29) is 6.09 Å². The second-order valence-electron chi connectivity index (χ2n) is 2.93. The lowest BCUT2D eigenvalue weighted by atomic mass is 10.5. The zero-order valence-electron chi connectivity index (χ0n) is 8.25.